The number of oxime groups is 1. The molecule has 1 aromatic heterocycles. The van der Waals surface area contributed by atoms with Crippen molar-refractivity contribution in [1.29, 1.82) is 0 Å². The van der Waals surface area contributed by atoms with Gasteiger partial charge in [0.2, 0.25) is 0 Å². The van der Waals surface area contributed by atoms with Gasteiger partial charge in [-0.1, -0.05) is 5.16 Å². The molecule has 1 atom stereocenters. The van der Waals surface area contributed by atoms with Crippen molar-refractivity contribution in [3.05, 3.63) is 24.0 Å². The molecule has 7 nitrogen and oxygen atoms in total. The molecule has 20 heavy (non-hydrogen) atoms. The van der Waals surface area contributed by atoms with Gasteiger partial charge in [-0.3, -0.25) is 4.98 Å². The summed E-state index contributed by atoms with van der Waals surface area (Å²) in [7, 11) is -3.19. The van der Waals surface area contributed by atoms with Crippen molar-refractivity contribution in [3.63, 3.8) is 0 Å². The summed E-state index contributed by atoms with van der Waals surface area (Å²) in [5, 5.41) is 11.0. The normalized spacial score (nSPS) is 20.9. The van der Waals surface area contributed by atoms with Crippen LogP contribution in [0.2, 0.25) is 0 Å². The van der Waals surface area contributed by atoms with E-state index in [1.165, 1.54) is 12.5 Å². The van der Waals surface area contributed by atoms with E-state index in [4.69, 9.17) is 10.9 Å². The number of nitrogens with zero attached hydrogens (tertiary/aromatic N) is 3. The quantitative estimate of drug-likeness (QED) is 0.352. The van der Waals surface area contributed by atoms with E-state index in [2.05, 4.69) is 10.1 Å². The zero-order chi connectivity index (χ0) is 14.8. The van der Waals surface area contributed by atoms with Crippen LogP contribution in [0.1, 0.15) is 5.69 Å². The van der Waals surface area contributed by atoms with Crippen LogP contribution in [-0.2, 0) is 9.84 Å². The molecule has 1 saturated heterocycles. The molecule has 2 rings (SSSR count). The summed E-state index contributed by atoms with van der Waals surface area (Å²) >= 11 is 1.62. The van der Waals surface area contributed by atoms with E-state index in [0.717, 1.165) is 5.75 Å². The number of nitrogens with two attached hydrogens (primary N) is 1. The van der Waals surface area contributed by atoms with E-state index in [1.54, 1.807) is 23.9 Å². The average molecular weight is 316 g/mol. The van der Waals surface area contributed by atoms with Crippen LogP contribution in [-0.4, -0.2) is 54.1 Å². The number of thioether (sulfide) groups is 1. The monoisotopic (exact) mass is 316 g/mol. The third kappa shape index (κ3) is 3.15. The minimum Gasteiger partial charge on any atom is -0.409 e. The molecule has 0 bridgehead atoms. The minimum absolute atomic E-state index is 0.103. The van der Waals surface area contributed by atoms with Gasteiger partial charge in [-0.25, -0.2) is 8.42 Å². The van der Waals surface area contributed by atoms with E-state index in [9.17, 15) is 8.42 Å². The number of aromatic nitrogens is 1. The fourth-order valence-electron chi connectivity index (χ4n) is 2.02. The molecule has 0 spiro atoms. The van der Waals surface area contributed by atoms with Crippen molar-refractivity contribution < 1.29 is 13.6 Å². The fraction of sp³-hybridized carbons (Fsp3) is 0.455. The van der Waals surface area contributed by atoms with E-state index < -0.39 is 15.2 Å². The third-order valence-corrected chi connectivity index (χ3v) is 5.67. The zero-order valence-corrected chi connectivity index (χ0v) is 12.6. The Labute approximate surface area is 121 Å². The molecular formula is C11H16N4O3S2. The standard InChI is InChI=1S/C11H16N4O3S2/c1-20(17,18)10-7-19-5-4-15(10)8-2-3-13-9(6-8)11(12)14-16/h2-3,6,10,16H,4-5,7H2,1H3,(H2,12,14). The highest BCUT2D eigenvalue weighted by Gasteiger charge is 2.31. The molecule has 1 aliphatic heterocycles. The zero-order valence-electron chi connectivity index (χ0n) is 10.9. The molecular weight excluding hydrogens is 300 g/mol. The van der Waals surface area contributed by atoms with Gasteiger partial charge >= 0.3 is 0 Å². The summed E-state index contributed by atoms with van der Waals surface area (Å²) in [6, 6.07) is 3.35. The van der Waals surface area contributed by atoms with Gasteiger partial charge in [0.05, 0.1) is 0 Å². The third-order valence-electron chi connectivity index (χ3n) is 3.02. The lowest BCUT2D eigenvalue weighted by Gasteiger charge is -2.35. The number of anilines is 1. The van der Waals surface area contributed by atoms with Crippen LogP contribution in [0.5, 0.6) is 0 Å². The number of amidine groups is 1. The molecule has 1 aliphatic rings. The Hall–Kier alpha value is -1.48. The number of hydrogen-bond donors (Lipinski definition) is 2. The van der Waals surface area contributed by atoms with Gasteiger partial charge in [-0.15, -0.1) is 0 Å². The van der Waals surface area contributed by atoms with Crippen LogP contribution in [0, 0.1) is 0 Å². The molecule has 1 unspecified atom stereocenters. The van der Waals surface area contributed by atoms with Crippen molar-refractivity contribution in [3.8, 4) is 0 Å². The first-order valence-electron chi connectivity index (χ1n) is 5.90. The largest absolute Gasteiger partial charge is 0.409 e. The number of hydrogen-bond acceptors (Lipinski definition) is 7. The van der Waals surface area contributed by atoms with Gasteiger partial charge in [-0.05, 0) is 12.1 Å². The molecule has 1 aromatic rings. The Morgan fingerprint density at radius 2 is 2.40 bits per heavy atom. The maximum atomic E-state index is 11.9. The molecule has 0 aliphatic carbocycles. The smallest absolute Gasteiger partial charge is 0.188 e. The molecule has 0 saturated carbocycles. The lowest BCUT2D eigenvalue weighted by molar-refractivity contribution is 0.318. The first-order valence-corrected chi connectivity index (χ1v) is 9.01. The topological polar surface area (TPSA) is 109 Å². The Morgan fingerprint density at radius 1 is 1.65 bits per heavy atom. The second-order valence-electron chi connectivity index (χ2n) is 4.44. The highest BCUT2D eigenvalue weighted by molar-refractivity contribution is 8.01. The van der Waals surface area contributed by atoms with Gasteiger partial charge < -0.3 is 15.8 Å². The summed E-state index contributed by atoms with van der Waals surface area (Å²) in [5.41, 5.74) is 6.53. The SMILES string of the molecule is CS(=O)(=O)C1CSCCN1c1ccnc(C(N)=NO)c1. The Morgan fingerprint density at radius 3 is 3.05 bits per heavy atom. The van der Waals surface area contributed by atoms with Crippen LogP contribution in [0.4, 0.5) is 5.69 Å². The lowest BCUT2D eigenvalue weighted by Crippen LogP contribution is -2.47. The van der Waals surface area contributed by atoms with Crippen molar-refractivity contribution in [2.24, 2.45) is 10.9 Å². The molecule has 3 N–H and O–H groups in total. The average Bonchev–Trinajstić information content (AvgIpc) is 2.45. The first kappa shape index (κ1) is 14.9. The van der Waals surface area contributed by atoms with Gasteiger partial charge in [-0.2, -0.15) is 11.8 Å². The second-order valence-corrected chi connectivity index (χ2v) is 7.79. The molecule has 2 heterocycles. The van der Waals surface area contributed by atoms with Crippen molar-refractivity contribution in [2.75, 3.05) is 29.2 Å². The van der Waals surface area contributed by atoms with E-state index in [-0.39, 0.29) is 5.84 Å². The summed E-state index contributed by atoms with van der Waals surface area (Å²) in [6.07, 6.45) is 2.76. The maximum Gasteiger partial charge on any atom is 0.188 e. The molecule has 0 aromatic carbocycles. The van der Waals surface area contributed by atoms with Crippen molar-refractivity contribution >= 4 is 33.1 Å². The van der Waals surface area contributed by atoms with Gasteiger partial charge in [0.15, 0.2) is 15.7 Å². The van der Waals surface area contributed by atoms with E-state index in [1.807, 2.05) is 4.90 Å². The molecule has 9 heteroatoms. The summed E-state index contributed by atoms with van der Waals surface area (Å²) in [4.78, 5) is 5.82. The van der Waals surface area contributed by atoms with Crippen LogP contribution in [0.25, 0.3) is 0 Å². The van der Waals surface area contributed by atoms with Crippen LogP contribution >= 0.6 is 11.8 Å². The van der Waals surface area contributed by atoms with E-state index >= 15 is 0 Å². The Balaban J connectivity index is 2.38. The Kier molecular flexibility index (Phi) is 4.39. The van der Waals surface area contributed by atoms with Crippen LogP contribution in [0.15, 0.2) is 23.5 Å². The van der Waals surface area contributed by atoms with Crippen molar-refractivity contribution in [2.45, 2.75) is 5.37 Å². The van der Waals surface area contributed by atoms with Gasteiger partial charge in [0.1, 0.15) is 11.1 Å². The predicted molar refractivity (Wildman–Crippen MR) is 80.1 cm³/mol. The summed E-state index contributed by atoms with van der Waals surface area (Å²) in [6.45, 7) is 0.627. The molecule has 110 valence electrons. The number of pyridine rings is 1. The summed E-state index contributed by atoms with van der Waals surface area (Å²) < 4.78 is 23.8. The minimum atomic E-state index is -3.19. The number of sulfone groups is 1. The maximum absolute atomic E-state index is 11.9. The van der Waals surface area contributed by atoms with Crippen LogP contribution < -0.4 is 10.6 Å². The Bertz CT molecular complexity index is 618. The molecule has 1 fully saturated rings. The van der Waals surface area contributed by atoms with Crippen LogP contribution in [0.3, 0.4) is 0 Å². The second kappa shape index (κ2) is 5.88. The van der Waals surface area contributed by atoms with E-state index in [0.29, 0.717) is 23.7 Å². The molecule has 0 radical (unpaired) electrons. The van der Waals surface area contributed by atoms with Gasteiger partial charge in [0, 0.05) is 36.2 Å². The summed E-state index contributed by atoms with van der Waals surface area (Å²) in [5.74, 6) is 1.28. The predicted octanol–water partition coefficient (Wildman–Crippen LogP) is 0.100. The highest BCUT2D eigenvalue weighted by atomic mass is 32.2. The highest BCUT2D eigenvalue weighted by Crippen LogP contribution is 2.26. The van der Waals surface area contributed by atoms with Gasteiger partial charge in [0.25, 0.3) is 0 Å². The lowest BCUT2D eigenvalue weighted by atomic mass is 10.2. The molecule has 0 amide bonds. The fourth-order valence-corrected chi connectivity index (χ4v) is 4.86. The number of rotatable bonds is 3. The first-order chi connectivity index (χ1) is 9.43. The van der Waals surface area contributed by atoms with Crippen molar-refractivity contribution in [1.82, 2.24) is 4.98 Å².